The Morgan fingerprint density at radius 2 is 1.92 bits per heavy atom. The van der Waals surface area contributed by atoms with E-state index in [1.54, 1.807) is 6.92 Å². The first-order valence-electron chi connectivity index (χ1n) is 7.82. The number of benzene rings is 1. The van der Waals surface area contributed by atoms with E-state index >= 15 is 0 Å². The molecule has 2 heterocycles. The van der Waals surface area contributed by atoms with Crippen molar-refractivity contribution in [2.24, 2.45) is 0 Å². The summed E-state index contributed by atoms with van der Waals surface area (Å²) in [6.07, 6.45) is 0. The van der Waals surface area contributed by atoms with Gasteiger partial charge in [0.15, 0.2) is 0 Å². The molecule has 3 rings (SSSR count). The summed E-state index contributed by atoms with van der Waals surface area (Å²) < 4.78 is -0.587. The van der Waals surface area contributed by atoms with Gasteiger partial charge in [-0.1, -0.05) is 30.3 Å². The van der Waals surface area contributed by atoms with Gasteiger partial charge in [-0.05, 0) is 26.3 Å². The minimum Gasteiger partial charge on any atom is -0.480 e. The van der Waals surface area contributed by atoms with Crippen LogP contribution in [0.2, 0.25) is 0 Å². The summed E-state index contributed by atoms with van der Waals surface area (Å²) in [6, 6.07) is 7.83. The Kier molecular flexibility index (Phi) is 4.07. The van der Waals surface area contributed by atoms with E-state index in [1.807, 2.05) is 44.2 Å². The number of fused-ring (bicyclic) bond motifs is 1. The van der Waals surface area contributed by atoms with Crippen LogP contribution in [0.5, 0.6) is 0 Å². The first-order valence-corrected chi connectivity index (χ1v) is 8.70. The van der Waals surface area contributed by atoms with Crippen molar-refractivity contribution in [2.45, 2.75) is 48.9 Å². The van der Waals surface area contributed by atoms with E-state index in [0.717, 1.165) is 5.56 Å². The van der Waals surface area contributed by atoms with Crippen LogP contribution in [0.1, 0.15) is 32.3 Å². The highest BCUT2D eigenvalue weighted by atomic mass is 32.2. The predicted molar refractivity (Wildman–Crippen MR) is 90.5 cm³/mol. The summed E-state index contributed by atoms with van der Waals surface area (Å²) in [5.74, 6) is -1.93. The first-order chi connectivity index (χ1) is 11.2. The lowest BCUT2D eigenvalue weighted by atomic mass is 9.95. The van der Waals surface area contributed by atoms with Crippen LogP contribution in [0, 0.1) is 0 Å². The van der Waals surface area contributed by atoms with Gasteiger partial charge in [0.25, 0.3) is 0 Å². The topological polar surface area (TPSA) is 86.7 Å². The zero-order valence-corrected chi connectivity index (χ0v) is 14.5. The zero-order valence-electron chi connectivity index (χ0n) is 13.7. The summed E-state index contributed by atoms with van der Waals surface area (Å²) >= 11 is 1.42. The highest BCUT2D eigenvalue weighted by molar-refractivity contribution is 8.01. The second-order valence-corrected chi connectivity index (χ2v) is 8.49. The third-order valence-corrected chi connectivity index (χ3v) is 6.24. The Bertz CT molecular complexity index is 691. The van der Waals surface area contributed by atoms with E-state index in [9.17, 15) is 19.5 Å². The first kappa shape index (κ1) is 16.8. The average molecular weight is 348 g/mol. The maximum absolute atomic E-state index is 12.5. The van der Waals surface area contributed by atoms with E-state index in [0.29, 0.717) is 0 Å². The molecule has 128 valence electrons. The number of hydrogen-bond acceptors (Lipinski definition) is 4. The molecule has 0 aliphatic carbocycles. The molecule has 4 atom stereocenters. The van der Waals surface area contributed by atoms with Gasteiger partial charge in [-0.2, -0.15) is 0 Å². The molecule has 2 aliphatic rings. The summed E-state index contributed by atoms with van der Waals surface area (Å²) in [7, 11) is 0. The van der Waals surface area contributed by atoms with Crippen molar-refractivity contribution in [2.75, 3.05) is 0 Å². The van der Waals surface area contributed by atoms with Crippen LogP contribution in [0.15, 0.2) is 30.3 Å². The quantitative estimate of drug-likeness (QED) is 0.804. The average Bonchev–Trinajstić information content (AvgIpc) is 2.80. The molecule has 7 heteroatoms. The normalized spacial score (nSPS) is 28.7. The highest BCUT2D eigenvalue weighted by Gasteiger charge is 2.64. The van der Waals surface area contributed by atoms with E-state index in [1.165, 1.54) is 16.7 Å². The van der Waals surface area contributed by atoms with Crippen molar-refractivity contribution in [1.29, 1.82) is 0 Å². The maximum atomic E-state index is 12.5. The lowest BCUT2D eigenvalue weighted by Crippen LogP contribution is -2.70. The van der Waals surface area contributed by atoms with Crippen molar-refractivity contribution >= 4 is 29.5 Å². The Hall–Kier alpha value is -2.02. The zero-order chi connectivity index (χ0) is 17.6. The number of amides is 2. The maximum Gasteiger partial charge on any atom is 0.327 e. The SMILES string of the molecule is CC(C(=O)NC1C(=O)N2[C@@H]1SC(C)(C)[C@@H]2C(=O)O)c1ccccc1. The van der Waals surface area contributed by atoms with E-state index in [-0.39, 0.29) is 23.1 Å². The smallest absolute Gasteiger partial charge is 0.327 e. The number of carboxylic acids is 1. The van der Waals surface area contributed by atoms with Crippen LogP contribution in [0.4, 0.5) is 0 Å². The van der Waals surface area contributed by atoms with Crippen LogP contribution in [0.3, 0.4) is 0 Å². The van der Waals surface area contributed by atoms with Crippen LogP contribution >= 0.6 is 11.8 Å². The number of hydrogen-bond donors (Lipinski definition) is 2. The van der Waals surface area contributed by atoms with Crippen LogP contribution in [-0.2, 0) is 14.4 Å². The number of aliphatic carboxylic acids is 1. The van der Waals surface area contributed by atoms with Gasteiger partial charge in [0.2, 0.25) is 11.8 Å². The van der Waals surface area contributed by atoms with Gasteiger partial charge >= 0.3 is 5.97 Å². The molecule has 0 spiro atoms. The summed E-state index contributed by atoms with van der Waals surface area (Å²) in [6.45, 7) is 5.42. The molecule has 0 radical (unpaired) electrons. The molecular formula is C17H20N2O4S. The van der Waals surface area contributed by atoms with Gasteiger partial charge in [-0.3, -0.25) is 9.59 Å². The molecule has 2 fully saturated rings. The second-order valence-electron chi connectivity index (χ2n) is 6.72. The third-order valence-electron chi connectivity index (χ3n) is 4.67. The van der Waals surface area contributed by atoms with Crippen molar-refractivity contribution < 1.29 is 19.5 Å². The Morgan fingerprint density at radius 3 is 2.50 bits per heavy atom. The van der Waals surface area contributed by atoms with E-state index in [4.69, 9.17) is 0 Å². The number of nitrogens with one attached hydrogen (secondary N) is 1. The van der Waals surface area contributed by atoms with Gasteiger partial charge in [0, 0.05) is 4.75 Å². The Labute approximate surface area is 144 Å². The summed E-state index contributed by atoms with van der Waals surface area (Å²) in [5.41, 5.74) is 0.876. The van der Waals surface area contributed by atoms with Crippen molar-refractivity contribution in [1.82, 2.24) is 10.2 Å². The number of carbonyl (C=O) groups excluding carboxylic acids is 2. The second kappa shape index (κ2) is 5.81. The number of thioether (sulfide) groups is 1. The predicted octanol–water partition coefficient (Wildman–Crippen LogP) is 1.42. The van der Waals surface area contributed by atoms with Gasteiger partial charge in [-0.15, -0.1) is 11.8 Å². The molecule has 0 saturated carbocycles. The number of rotatable bonds is 4. The number of β-lactam (4-membered cyclic amide) rings is 1. The fourth-order valence-corrected chi connectivity index (χ4v) is 4.94. The minimum atomic E-state index is -1.01. The van der Waals surface area contributed by atoms with Gasteiger partial charge in [0.05, 0.1) is 5.92 Å². The fraction of sp³-hybridized carbons (Fsp3) is 0.471. The van der Waals surface area contributed by atoms with Crippen molar-refractivity contribution in [3.63, 3.8) is 0 Å². The Balaban J connectivity index is 1.71. The molecular weight excluding hydrogens is 328 g/mol. The van der Waals surface area contributed by atoms with E-state index < -0.39 is 22.8 Å². The van der Waals surface area contributed by atoms with Crippen LogP contribution < -0.4 is 5.32 Å². The largest absolute Gasteiger partial charge is 0.480 e. The molecule has 0 aromatic heterocycles. The Morgan fingerprint density at radius 1 is 1.29 bits per heavy atom. The van der Waals surface area contributed by atoms with E-state index in [2.05, 4.69) is 5.32 Å². The molecule has 1 aromatic carbocycles. The molecule has 2 amide bonds. The molecule has 0 bridgehead atoms. The number of carbonyl (C=O) groups is 3. The standard InChI is InChI=1S/C17H20N2O4S/c1-9(10-7-5-4-6-8-10)13(20)18-11-14(21)19-12(16(22)23)17(2,3)24-15(11)19/h4-9,11-12,15H,1-3H3,(H,18,20)(H,22,23)/t9?,11?,12-,15+/m0/s1. The molecule has 2 saturated heterocycles. The number of carboxylic acid groups (broad SMARTS) is 1. The molecule has 1 aromatic rings. The van der Waals surface area contributed by atoms with Crippen molar-refractivity contribution in [3.8, 4) is 0 Å². The minimum absolute atomic E-state index is 0.226. The molecule has 2 unspecified atom stereocenters. The molecule has 2 N–H and O–H groups in total. The van der Waals surface area contributed by atoms with Gasteiger partial charge < -0.3 is 15.3 Å². The van der Waals surface area contributed by atoms with Gasteiger partial charge in [-0.25, -0.2) is 4.79 Å². The van der Waals surface area contributed by atoms with Crippen LogP contribution in [-0.4, -0.2) is 50.0 Å². The molecule has 24 heavy (non-hydrogen) atoms. The molecule has 6 nitrogen and oxygen atoms in total. The third kappa shape index (κ3) is 2.56. The summed E-state index contributed by atoms with van der Waals surface area (Å²) in [5, 5.41) is 11.9. The van der Waals surface area contributed by atoms with Gasteiger partial charge in [0.1, 0.15) is 17.5 Å². The molecule has 2 aliphatic heterocycles. The monoisotopic (exact) mass is 348 g/mol. The lowest BCUT2D eigenvalue weighted by molar-refractivity contribution is -0.161. The summed E-state index contributed by atoms with van der Waals surface area (Å²) in [4.78, 5) is 37.7. The number of nitrogens with zero attached hydrogens (tertiary/aromatic N) is 1. The van der Waals surface area contributed by atoms with Crippen LogP contribution in [0.25, 0.3) is 0 Å². The lowest BCUT2D eigenvalue weighted by Gasteiger charge is -2.43. The highest BCUT2D eigenvalue weighted by Crippen LogP contribution is 2.50. The fourth-order valence-electron chi connectivity index (χ4n) is 3.32. The van der Waals surface area contributed by atoms with Crippen molar-refractivity contribution in [3.05, 3.63) is 35.9 Å².